The van der Waals surface area contributed by atoms with Crippen LogP contribution >= 0.6 is 12.4 Å². The maximum absolute atomic E-state index is 11.7. The van der Waals surface area contributed by atoms with Gasteiger partial charge in [-0.05, 0) is 6.42 Å². The van der Waals surface area contributed by atoms with E-state index in [-0.39, 0.29) is 19.0 Å². The topological polar surface area (TPSA) is 52.3 Å². The molecular weight excluding hydrogens is 216 g/mol. The van der Waals surface area contributed by atoms with Crippen LogP contribution in [0.1, 0.15) is 26.2 Å². The van der Waals surface area contributed by atoms with E-state index < -0.39 is 24.9 Å². The lowest BCUT2D eigenvalue weighted by Gasteiger charge is -2.10. The standard InChI is InChI=1S/C8H15F2NO2.ClH/c1-2-3-4-13-8(12)6(11)5-7(9)10;/h6-7H,2-5,11H2,1H3;1H. The van der Waals surface area contributed by atoms with E-state index in [4.69, 9.17) is 5.73 Å². The number of carbonyl (C=O) groups is 1. The smallest absolute Gasteiger partial charge is 0.323 e. The van der Waals surface area contributed by atoms with Gasteiger partial charge in [0.15, 0.2) is 0 Å². The Morgan fingerprint density at radius 2 is 2.07 bits per heavy atom. The number of nitrogens with two attached hydrogens (primary N) is 1. The first-order valence-electron chi connectivity index (χ1n) is 4.28. The summed E-state index contributed by atoms with van der Waals surface area (Å²) in [5, 5.41) is 0. The summed E-state index contributed by atoms with van der Waals surface area (Å²) < 4.78 is 28.1. The summed E-state index contributed by atoms with van der Waals surface area (Å²) in [6.45, 7) is 2.19. The summed E-state index contributed by atoms with van der Waals surface area (Å²) in [5.41, 5.74) is 5.15. The molecule has 0 radical (unpaired) electrons. The molecule has 0 aromatic rings. The van der Waals surface area contributed by atoms with Gasteiger partial charge in [0.2, 0.25) is 6.43 Å². The molecule has 0 aliphatic heterocycles. The lowest BCUT2D eigenvalue weighted by atomic mass is 10.2. The minimum absolute atomic E-state index is 0. The monoisotopic (exact) mass is 231 g/mol. The van der Waals surface area contributed by atoms with Crippen LogP contribution in [0, 0.1) is 0 Å². The Morgan fingerprint density at radius 1 is 1.50 bits per heavy atom. The maximum atomic E-state index is 11.7. The number of ether oxygens (including phenoxy) is 1. The second-order valence-corrected chi connectivity index (χ2v) is 2.75. The van der Waals surface area contributed by atoms with Crippen LogP contribution < -0.4 is 5.73 Å². The molecule has 14 heavy (non-hydrogen) atoms. The van der Waals surface area contributed by atoms with Gasteiger partial charge in [0.05, 0.1) is 6.61 Å². The highest BCUT2D eigenvalue weighted by atomic mass is 35.5. The number of carbonyl (C=O) groups excluding carboxylic acids is 1. The number of rotatable bonds is 6. The van der Waals surface area contributed by atoms with Gasteiger partial charge in [0.1, 0.15) is 6.04 Å². The molecule has 1 unspecified atom stereocenters. The quantitative estimate of drug-likeness (QED) is 0.560. The van der Waals surface area contributed by atoms with Crippen molar-refractivity contribution in [3.8, 4) is 0 Å². The first kappa shape index (κ1) is 16.0. The number of halogens is 3. The highest BCUT2D eigenvalue weighted by Crippen LogP contribution is 2.03. The lowest BCUT2D eigenvalue weighted by Crippen LogP contribution is -2.34. The largest absolute Gasteiger partial charge is 0.465 e. The zero-order valence-electron chi connectivity index (χ0n) is 8.04. The molecule has 0 saturated carbocycles. The van der Waals surface area contributed by atoms with Crippen LogP contribution in [0.3, 0.4) is 0 Å². The minimum Gasteiger partial charge on any atom is -0.465 e. The van der Waals surface area contributed by atoms with Crippen molar-refractivity contribution in [1.82, 2.24) is 0 Å². The fourth-order valence-corrected chi connectivity index (χ4v) is 0.712. The van der Waals surface area contributed by atoms with Crippen LogP contribution in [0.15, 0.2) is 0 Å². The predicted octanol–water partition coefficient (Wildman–Crippen LogP) is 1.73. The number of unbranched alkanes of at least 4 members (excludes halogenated alkanes) is 1. The molecule has 0 aromatic heterocycles. The third-order valence-corrected chi connectivity index (χ3v) is 1.48. The van der Waals surface area contributed by atoms with Crippen LogP contribution in [0.2, 0.25) is 0 Å². The molecule has 6 heteroatoms. The van der Waals surface area contributed by atoms with Crippen molar-refractivity contribution in [3.63, 3.8) is 0 Å². The van der Waals surface area contributed by atoms with Gasteiger partial charge >= 0.3 is 5.97 Å². The van der Waals surface area contributed by atoms with Crippen LogP contribution in [0.4, 0.5) is 8.78 Å². The molecule has 0 aliphatic carbocycles. The van der Waals surface area contributed by atoms with E-state index in [0.717, 1.165) is 12.8 Å². The van der Waals surface area contributed by atoms with Gasteiger partial charge in [-0.2, -0.15) is 0 Å². The van der Waals surface area contributed by atoms with E-state index in [9.17, 15) is 13.6 Å². The first-order chi connectivity index (χ1) is 6.07. The molecule has 0 bridgehead atoms. The van der Waals surface area contributed by atoms with Crippen molar-refractivity contribution >= 4 is 18.4 Å². The van der Waals surface area contributed by atoms with Crippen molar-refractivity contribution in [2.45, 2.75) is 38.7 Å². The average molecular weight is 232 g/mol. The Labute approximate surface area is 88.4 Å². The molecule has 1 atom stereocenters. The van der Waals surface area contributed by atoms with Crippen molar-refractivity contribution in [2.24, 2.45) is 5.73 Å². The van der Waals surface area contributed by atoms with Crippen LogP contribution in [-0.4, -0.2) is 25.0 Å². The van der Waals surface area contributed by atoms with Crippen LogP contribution in [-0.2, 0) is 9.53 Å². The Kier molecular flexibility index (Phi) is 10.5. The lowest BCUT2D eigenvalue weighted by molar-refractivity contribution is -0.146. The zero-order valence-corrected chi connectivity index (χ0v) is 8.86. The number of alkyl halides is 2. The molecule has 0 aliphatic rings. The third-order valence-electron chi connectivity index (χ3n) is 1.48. The zero-order chi connectivity index (χ0) is 10.3. The molecule has 0 spiro atoms. The molecular formula is C8H16ClF2NO2. The number of esters is 1. The SMILES string of the molecule is CCCCOC(=O)C(N)CC(F)F.Cl. The Hall–Kier alpha value is -0.420. The van der Waals surface area contributed by atoms with Crippen molar-refractivity contribution in [3.05, 3.63) is 0 Å². The van der Waals surface area contributed by atoms with Gasteiger partial charge in [-0.3, -0.25) is 4.79 Å². The summed E-state index contributed by atoms with van der Waals surface area (Å²) >= 11 is 0. The predicted molar refractivity (Wildman–Crippen MR) is 51.7 cm³/mol. The molecule has 0 aromatic carbocycles. The Bertz CT molecular complexity index is 158. The maximum Gasteiger partial charge on any atom is 0.323 e. The van der Waals surface area contributed by atoms with E-state index in [0.29, 0.717) is 0 Å². The molecule has 2 N–H and O–H groups in total. The first-order valence-corrected chi connectivity index (χ1v) is 4.28. The van der Waals surface area contributed by atoms with Gasteiger partial charge in [-0.15, -0.1) is 12.4 Å². The summed E-state index contributed by atoms with van der Waals surface area (Å²) in [5.74, 6) is -0.742. The second-order valence-electron chi connectivity index (χ2n) is 2.75. The minimum atomic E-state index is -2.56. The van der Waals surface area contributed by atoms with Gasteiger partial charge in [0.25, 0.3) is 0 Å². The van der Waals surface area contributed by atoms with Gasteiger partial charge in [-0.25, -0.2) is 8.78 Å². The van der Waals surface area contributed by atoms with Gasteiger partial charge in [-0.1, -0.05) is 13.3 Å². The molecule has 3 nitrogen and oxygen atoms in total. The average Bonchev–Trinajstić information content (AvgIpc) is 2.03. The van der Waals surface area contributed by atoms with Crippen molar-refractivity contribution < 1.29 is 18.3 Å². The van der Waals surface area contributed by atoms with Crippen LogP contribution in [0.25, 0.3) is 0 Å². The normalized spacial score (nSPS) is 12.1. The summed E-state index contributed by atoms with van der Waals surface area (Å²) in [7, 11) is 0. The fraction of sp³-hybridized carbons (Fsp3) is 0.875. The van der Waals surface area contributed by atoms with Crippen LogP contribution in [0.5, 0.6) is 0 Å². The third kappa shape index (κ3) is 8.19. The van der Waals surface area contributed by atoms with Crippen molar-refractivity contribution in [1.29, 1.82) is 0 Å². The number of hydrogen-bond acceptors (Lipinski definition) is 3. The molecule has 0 saturated heterocycles. The number of hydrogen-bond donors (Lipinski definition) is 1. The van der Waals surface area contributed by atoms with Gasteiger partial charge in [0, 0.05) is 6.42 Å². The van der Waals surface area contributed by atoms with E-state index in [1.54, 1.807) is 0 Å². The molecule has 0 heterocycles. The van der Waals surface area contributed by atoms with Crippen molar-refractivity contribution in [2.75, 3.05) is 6.61 Å². The fourth-order valence-electron chi connectivity index (χ4n) is 0.712. The Morgan fingerprint density at radius 3 is 2.50 bits per heavy atom. The summed E-state index contributed by atoms with van der Waals surface area (Å²) in [4.78, 5) is 10.9. The van der Waals surface area contributed by atoms with Gasteiger partial charge < -0.3 is 10.5 Å². The molecule has 86 valence electrons. The van der Waals surface area contributed by atoms with E-state index >= 15 is 0 Å². The summed E-state index contributed by atoms with van der Waals surface area (Å²) in [6, 6.07) is -1.20. The second kappa shape index (κ2) is 9.15. The summed E-state index contributed by atoms with van der Waals surface area (Å²) in [6.07, 6.45) is -1.58. The van der Waals surface area contributed by atoms with E-state index in [1.165, 1.54) is 0 Å². The highest BCUT2D eigenvalue weighted by molar-refractivity contribution is 5.85. The van der Waals surface area contributed by atoms with E-state index in [1.807, 2.05) is 6.92 Å². The molecule has 0 amide bonds. The highest BCUT2D eigenvalue weighted by Gasteiger charge is 2.19. The van der Waals surface area contributed by atoms with E-state index in [2.05, 4.69) is 4.74 Å². The molecule has 0 fully saturated rings. The molecule has 0 rings (SSSR count). The Balaban J connectivity index is 0.